The van der Waals surface area contributed by atoms with Gasteiger partial charge in [-0.25, -0.2) is 0 Å². The SMILES string of the molecule is Cc1ccc(NC(=O)CCc2c(C)nn(CC(C)C)c2C)cc1[N+](=O)[O-]. The number of carbonyl (C=O) groups is 1. The second-order valence-corrected chi connectivity index (χ2v) is 7.03. The maximum atomic E-state index is 12.3. The third kappa shape index (κ3) is 4.68. The number of rotatable bonds is 7. The topological polar surface area (TPSA) is 90.1 Å². The summed E-state index contributed by atoms with van der Waals surface area (Å²) in [5.41, 5.74) is 4.14. The summed E-state index contributed by atoms with van der Waals surface area (Å²) in [5.74, 6) is 0.333. The molecular formula is C19H26N4O3. The molecular weight excluding hydrogens is 332 g/mol. The van der Waals surface area contributed by atoms with E-state index in [-0.39, 0.29) is 11.6 Å². The van der Waals surface area contributed by atoms with E-state index in [1.807, 2.05) is 18.5 Å². The van der Waals surface area contributed by atoms with Crippen LogP contribution in [0.5, 0.6) is 0 Å². The van der Waals surface area contributed by atoms with Crippen molar-refractivity contribution in [2.75, 3.05) is 5.32 Å². The first-order chi connectivity index (χ1) is 12.2. The van der Waals surface area contributed by atoms with Crippen molar-refractivity contribution in [2.24, 2.45) is 5.92 Å². The second kappa shape index (κ2) is 8.12. The number of carbonyl (C=O) groups excluding carboxylic acids is 1. The van der Waals surface area contributed by atoms with Crippen molar-refractivity contribution in [3.8, 4) is 0 Å². The van der Waals surface area contributed by atoms with E-state index in [4.69, 9.17) is 0 Å². The number of aryl methyl sites for hydroxylation is 2. The molecule has 0 aliphatic carbocycles. The highest BCUT2D eigenvalue weighted by Gasteiger charge is 2.15. The number of benzene rings is 1. The molecule has 26 heavy (non-hydrogen) atoms. The fraction of sp³-hybridized carbons (Fsp3) is 0.474. The maximum absolute atomic E-state index is 12.3. The number of nitrogens with one attached hydrogen (secondary N) is 1. The van der Waals surface area contributed by atoms with Crippen LogP contribution in [0.3, 0.4) is 0 Å². The Morgan fingerprint density at radius 3 is 2.62 bits per heavy atom. The minimum atomic E-state index is -0.444. The van der Waals surface area contributed by atoms with Crippen molar-refractivity contribution in [1.29, 1.82) is 0 Å². The highest BCUT2D eigenvalue weighted by Crippen LogP contribution is 2.23. The average Bonchev–Trinajstić information content (AvgIpc) is 2.80. The zero-order valence-corrected chi connectivity index (χ0v) is 16.0. The van der Waals surface area contributed by atoms with Gasteiger partial charge in [0.05, 0.1) is 10.6 Å². The molecule has 0 atom stereocenters. The number of amides is 1. The molecule has 140 valence electrons. The largest absolute Gasteiger partial charge is 0.326 e. The van der Waals surface area contributed by atoms with Crippen LogP contribution >= 0.6 is 0 Å². The minimum absolute atomic E-state index is 0.00412. The van der Waals surface area contributed by atoms with Gasteiger partial charge in [0.25, 0.3) is 5.69 Å². The fourth-order valence-corrected chi connectivity index (χ4v) is 2.97. The molecule has 2 rings (SSSR count). The molecule has 0 spiro atoms. The molecule has 0 radical (unpaired) electrons. The standard InChI is InChI=1S/C19H26N4O3/c1-12(2)11-22-15(5)17(14(4)21-22)8-9-19(24)20-16-7-6-13(3)18(10-16)23(25)26/h6-7,10,12H,8-9,11H2,1-5H3,(H,20,24). The van der Waals surface area contributed by atoms with Crippen molar-refractivity contribution in [3.63, 3.8) is 0 Å². The van der Waals surface area contributed by atoms with Gasteiger partial charge >= 0.3 is 0 Å². The molecule has 1 aromatic heterocycles. The van der Waals surface area contributed by atoms with E-state index >= 15 is 0 Å². The number of aromatic nitrogens is 2. The normalized spacial score (nSPS) is 11.0. The summed E-state index contributed by atoms with van der Waals surface area (Å²) >= 11 is 0. The first-order valence-corrected chi connectivity index (χ1v) is 8.76. The van der Waals surface area contributed by atoms with Crippen LogP contribution in [0.15, 0.2) is 18.2 Å². The summed E-state index contributed by atoms with van der Waals surface area (Å²) in [5, 5.41) is 18.3. The van der Waals surface area contributed by atoms with Crippen LogP contribution in [0.2, 0.25) is 0 Å². The molecule has 2 aromatic rings. The predicted molar refractivity (Wildman–Crippen MR) is 101 cm³/mol. The Morgan fingerprint density at radius 1 is 1.31 bits per heavy atom. The molecule has 1 N–H and O–H groups in total. The molecule has 1 aromatic carbocycles. The quantitative estimate of drug-likeness (QED) is 0.599. The Balaban J connectivity index is 2.03. The van der Waals surface area contributed by atoms with E-state index in [1.54, 1.807) is 19.1 Å². The molecule has 1 heterocycles. The first kappa shape index (κ1) is 19.6. The lowest BCUT2D eigenvalue weighted by Gasteiger charge is -2.08. The average molecular weight is 358 g/mol. The number of nitro groups is 1. The lowest BCUT2D eigenvalue weighted by molar-refractivity contribution is -0.385. The number of hydrogen-bond donors (Lipinski definition) is 1. The summed E-state index contributed by atoms with van der Waals surface area (Å²) in [4.78, 5) is 22.8. The van der Waals surface area contributed by atoms with E-state index in [0.717, 1.165) is 23.5 Å². The van der Waals surface area contributed by atoms with Crippen LogP contribution in [0, 0.1) is 36.8 Å². The monoisotopic (exact) mass is 358 g/mol. The number of anilines is 1. The Labute approximate surface area is 153 Å². The Bertz CT molecular complexity index is 824. The van der Waals surface area contributed by atoms with Gasteiger partial charge in [0.1, 0.15) is 0 Å². The zero-order chi connectivity index (χ0) is 19.4. The number of hydrogen-bond acceptors (Lipinski definition) is 4. The maximum Gasteiger partial charge on any atom is 0.274 e. The van der Waals surface area contributed by atoms with E-state index < -0.39 is 4.92 Å². The number of nitrogens with zero attached hydrogens (tertiary/aromatic N) is 3. The summed E-state index contributed by atoms with van der Waals surface area (Å²) in [6.45, 7) is 10.8. The third-order valence-electron chi connectivity index (χ3n) is 4.36. The lowest BCUT2D eigenvalue weighted by atomic mass is 10.1. The molecule has 0 saturated carbocycles. The molecule has 0 unspecified atom stereocenters. The number of nitro benzene ring substituents is 1. The van der Waals surface area contributed by atoms with Crippen molar-refractivity contribution in [2.45, 2.75) is 54.0 Å². The van der Waals surface area contributed by atoms with Gasteiger partial charge in [-0.15, -0.1) is 0 Å². The smallest absolute Gasteiger partial charge is 0.274 e. The van der Waals surface area contributed by atoms with Gasteiger partial charge < -0.3 is 5.32 Å². The minimum Gasteiger partial charge on any atom is -0.326 e. The van der Waals surface area contributed by atoms with Gasteiger partial charge in [0.15, 0.2) is 0 Å². The van der Waals surface area contributed by atoms with Crippen molar-refractivity contribution in [1.82, 2.24) is 9.78 Å². The van der Waals surface area contributed by atoms with Crippen molar-refractivity contribution < 1.29 is 9.72 Å². The predicted octanol–water partition coefficient (Wildman–Crippen LogP) is 3.94. The van der Waals surface area contributed by atoms with Crippen molar-refractivity contribution >= 4 is 17.3 Å². The Morgan fingerprint density at radius 2 is 2.00 bits per heavy atom. The summed E-state index contributed by atoms with van der Waals surface area (Å²) in [6, 6.07) is 4.71. The third-order valence-corrected chi connectivity index (χ3v) is 4.36. The zero-order valence-electron chi connectivity index (χ0n) is 16.0. The summed E-state index contributed by atoms with van der Waals surface area (Å²) < 4.78 is 2.00. The van der Waals surface area contributed by atoms with Gasteiger partial charge in [-0.05, 0) is 44.7 Å². The van der Waals surface area contributed by atoms with Crippen LogP contribution in [-0.4, -0.2) is 20.6 Å². The van der Waals surface area contributed by atoms with Crippen LogP contribution < -0.4 is 5.32 Å². The molecule has 7 nitrogen and oxygen atoms in total. The molecule has 0 saturated heterocycles. The molecule has 0 aliphatic heterocycles. The van der Waals surface area contributed by atoms with E-state index in [9.17, 15) is 14.9 Å². The molecule has 1 amide bonds. The second-order valence-electron chi connectivity index (χ2n) is 7.03. The molecule has 0 bridgehead atoms. The van der Waals surface area contributed by atoms with Gasteiger partial charge in [0, 0.05) is 36.0 Å². The van der Waals surface area contributed by atoms with E-state index in [0.29, 0.717) is 30.0 Å². The van der Waals surface area contributed by atoms with Crippen molar-refractivity contribution in [3.05, 3.63) is 50.8 Å². The van der Waals surface area contributed by atoms with Gasteiger partial charge in [0.2, 0.25) is 5.91 Å². The summed E-state index contributed by atoms with van der Waals surface area (Å²) in [6.07, 6.45) is 0.895. The highest BCUT2D eigenvalue weighted by molar-refractivity contribution is 5.91. The Hall–Kier alpha value is -2.70. The molecule has 0 fully saturated rings. The van der Waals surface area contributed by atoms with Gasteiger partial charge in [-0.1, -0.05) is 19.9 Å². The van der Waals surface area contributed by atoms with E-state index in [2.05, 4.69) is 24.3 Å². The fourth-order valence-electron chi connectivity index (χ4n) is 2.97. The van der Waals surface area contributed by atoms with E-state index in [1.165, 1.54) is 6.07 Å². The summed E-state index contributed by atoms with van der Waals surface area (Å²) in [7, 11) is 0. The van der Waals surface area contributed by atoms with Gasteiger partial charge in [-0.2, -0.15) is 5.10 Å². The van der Waals surface area contributed by atoms with Crippen LogP contribution in [0.1, 0.15) is 42.8 Å². The Kier molecular flexibility index (Phi) is 6.13. The van der Waals surface area contributed by atoms with Crippen LogP contribution in [-0.2, 0) is 17.8 Å². The highest BCUT2D eigenvalue weighted by atomic mass is 16.6. The first-order valence-electron chi connectivity index (χ1n) is 8.76. The molecule has 0 aliphatic rings. The lowest BCUT2D eigenvalue weighted by Crippen LogP contribution is -2.13. The van der Waals surface area contributed by atoms with Crippen LogP contribution in [0.25, 0.3) is 0 Å². The van der Waals surface area contributed by atoms with Gasteiger partial charge in [-0.3, -0.25) is 19.6 Å². The molecule has 7 heteroatoms. The van der Waals surface area contributed by atoms with Crippen LogP contribution in [0.4, 0.5) is 11.4 Å².